The molecular formula is C15H31N3. The van der Waals surface area contributed by atoms with Gasteiger partial charge in [-0.3, -0.25) is 11.3 Å². The van der Waals surface area contributed by atoms with E-state index in [2.05, 4.69) is 24.3 Å². The van der Waals surface area contributed by atoms with Crippen LogP contribution in [-0.2, 0) is 0 Å². The summed E-state index contributed by atoms with van der Waals surface area (Å²) in [6.07, 6.45) is 12.2. The molecule has 2 aliphatic rings. The van der Waals surface area contributed by atoms with E-state index in [0.29, 0.717) is 6.04 Å². The largest absolute Gasteiger partial charge is 0.300 e. The van der Waals surface area contributed by atoms with Gasteiger partial charge in [-0.1, -0.05) is 32.6 Å². The minimum absolute atomic E-state index is 0.554. The molecule has 0 aliphatic carbocycles. The molecule has 3 heteroatoms. The summed E-state index contributed by atoms with van der Waals surface area (Å²) >= 11 is 0. The van der Waals surface area contributed by atoms with Gasteiger partial charge >= 0.3 is 0 Å². The normalized spacial score (nSPS) is 33.8. The summed E-state index contributed by atoms with van der Waals surface area (Å²) in [7, 11) is 2.31. The van der Waals surface area contributed by atoms with Crippen LogP contribution >= 0.6 is 0 Å². The summed E-state index contributed by atoms with van der Waals surface area (Å²) < 4.78 is 0. The number of hydrogen-bond donors (Lipinski definition) is 2. The van der Waals surface area contributed by atoms with Gasteiger partial charge in [0.1, 0.15) is 0 Å². The molecule has 3 N–H and O–H groups in total. The van der Waals surface area contributed by atoms with E-state index in [1.165, 1.54) is 57.8 Å². The monoisotopic (exact) mass is 253 g/mol. The van der Waals surface area contributed by atoms with Crippen LogP contribution in [0, 0.1) is 5.92 Å². The van der Waals surface area contributed by atoms with Crippen molar-refractivity contribution in [2.45, 2.75) is 82.8 Å². The van der Waals surface area contributed by atoms with Crippen LogP contribution in [0.2, 0.25) is 0 Å². The average molecular weight is 253 g/mol. The molecule has 0 aromatic rings. The number of rotatable bonds is 7. The topological polar surface area (TPSA) is 41.3 Å². The molecular weight excluding hydrogens is 222 g/mol. The summed E-state index contributed by atoms with van der Waals surface area (Å²) in [5, 5.41) is 0. The molecule has 2 aliphatic heterocycles. The van der Waals surface area contributed by atoms with E-state index in [-0.39, 0.29) is 0 Å². The molecule has 3 atom stereocenters. The zero-order valence-corrected chi connectivity index (χ0v) is 12.2. The Bertz CT molecular complexity index is 230. The van der Waals surface area contributed by atoms with Crippen molar-refractivity contribution in [1.29, 1.82) is 0 Å². The van der Waals surface area contributed by atoms with Gasteiger partial charge in [-0.05, 0) is 45.1 Å². The lowest BCUT2D eigenvalue weighted by Crippen LogP contribution is -2.48. The predicted molar refractivity (Wildman–Crippen MR) is 77.2 cm³/mol. The Morgan fingerprint density at radius 3 is 2.39 bits per heavy atom. The highest BCUT2D eigenvalue weighted by molar-refractivity contribution is 4.96. The highest BCUT2D eigenvalue weighted by Crippen LogP contribution is 2.39. The molecule has 0 radical (unpaired) electrons. The Labute approximate surface area is 112 Å². The van der Waals surface area contributed by atoms with E-state index < -0.39 is 0 Å². The molecule has 2 fully saturated rings. The minimum atomic E-state index is 0.554. The zero-order valence-electron chi connectivity index (χ0n) is 12.2. The van der Waals surface area contributed by atoms with Crippen molar-refractivity contribution in [1.82, 2.24) is 10.3 Å². The lowest BCUT2D eigenvalue weighted by molar-refractivity contribution is 0.109. The van der Waals surface area contributed by atoms with Crippen molar-refractivity contribution in [3.8, 4) is 0 Å². The maximum absolute atomic E-state index is 5.80. The number of hydrazine groups is 1. The molecule has 0 saturated carbocycles. The summed E-state index contributed by atoms with van der Waals surface area (Å²) in [5.41, 5.74) is 3.11. The van der Waals surface area contributed by atoms with Gasteiger partial charge in [-0.2, -0.15) is 0 Å². The third-order valence-electron chi connectivity index (χ3n) is 5.29. The second kappa shape index (κ2) is 6.88. The van der Waals surface area contributed by atoms with Crippen molar-refractivity contribution < 1.29 is 0 Å². The predicted octanol–water partition coefficient (Wildman–Crippen LogP) is 2.66. The number of fused-ring (bicyclic) bond motifs is 2. The van der Waals surface area contributed by atoms with E-state index in [0.717, 1.165) is 18.0 Å². The van der Waals surface area contributed by atoms with Crippen LogP contribution in [0.4, 0.5) is 0 Å². The maximum atomic E-state index is 5.80. The molecule has 18 heavy (non-hydrogen) atoms. The fraction of sp³-hybridized carbons (Fsp3) is 1.00. The Kier molecular flexibility index (Phi) is 5.46. The fourth-order valence-corrected chi connectivity index (χ4v) is 4.03. The highest BCUT2D eigenvalue weighted by Gasteiger charge is 2.40. The van der Waals surface area contributed by atoms with Crippen LogP contribution in [0.3, 0.4) is 0 Å². The van der Waals surface area contributed by atoms with Crippen LogP contribution in [0.25, 0.3) is 0 Å². The average Bonchev–Trinajstić information content (AvgIpc) is 2.62. The van der Waals surface area contributed by atoms with Crippen LogP contribution in [0.15, 0.2) is 0 Å². The highest BCUT2D eigenvalue weighted by atomic mass is 15.2. The van der Waals surface area contributed by atoms with Crippen LogP contribution in [0.1, 0.15) is 64.7 Å². The van der Waals surface area contributed by atoms with Crippen molar-refractivity contribution in [2.75, 3.05) is 7.05 Å². The molecule has 0 amide bonds. The third-order valence-corrected chi connectivity index (χ3v) is 5.29. The third kappa shape index (κ3) is 3.25. The molecule has 3 nitrogen and oxygen atoms in total. The molecule has 2 bridgehead atoms. The van der Waals surface area contributed by atoms with Crippen molar-refractivity contribution in [3.05, 3.63) is 0 Å². The molecule has 2 rings (SSSR count). The van der Waals surface area contributed by atoms with Gasteiger partial charge in [-0.15, -0.1) is 0 Å². The summed E-state index contributed by atoms with van der Waals surface area (Å²) in [6.45, 7) is 2.27. The number of piperidine rings is 1. The molecule has 106 valence electrons. The first-order valence-corrected chi connectivity index (χ1v) is 7.94. The lowest BCUT2D eigenvalue weighted by Gasteiger charge is -2.39. The van der Waals surface area contributed by atoms with E-state index in [1.807, 2.05) is 0 Å². The maximum Gasteiger partial charge on any atom is 0.0239 e. The number of unbranched alkanes of at least 4 members (excludes halogenated alkanes) is 3. The molecule has 0 aromatic carbocycles. The number of nitrogens with one attached hydrogen (secondary N) is 1. The second-order valence-electron chi connectivity index (χ2n) is 6.40. The van der Waals surface area contributed by atoms with Crippen LogP contribution < -0.4 is 11.3 Å². The second-order valence-corrected chi connectivity index (χ2v) is 6.40. The van der Waals surface area contributed by atoms with Gasteiger partial charge in [0.15, 0.2) is 0 Å². The lowest BCUT2D eigenvalue weighted by atomic mass is 9.83. The standard InChI is InChI=1S/C15H31N3/c1-3-4-5-6-7-15(17-16)12-10-13-8-9-14(11-12)18(13)2/h12-15,17H,3-11,16H2,1-2H3. The Hall–Kier alpha value is -0.120. The summed E-state index contributed by atoms with van der Waals surface area (Å²) in [5.74, 6) is 6.61. The SMILES string of the molecule is CCCCCCC(NN)C1CC2CCC(C1)N2C. The van der Waals surface area contributed by atoms with Crippen molar-refractivity contribution >= 4 is 0 Å². The summed E-state index contributed by atoms with van der Waals surface area (Å²) in [4.78, 5) is 2.61. The molecule has 0 aromatic heterocycles. The minimum Gasteiger partial charge on any atom is -0.300 e. The van der Waals surface area contributed by atoms with Gasteiger partial charge in [0, 0.05) is 18.1 Å². The smallest absolute Gasteiger partial charge is 0.0239 e. The van der Waals surface area contributed by atoms with E-state index in [1.54, 1.807) is 0 Å². The first-order valence-electron chi connectivity index (χ1n) is 7.94. The Morgan fingerprint density at radius 2 is 1.83 bits per heavy atom. The first kappa shape index (κ1) is 14.3. The number of nitrogens with two attached hydrogens (primary N) is 1. The molecule has 2 heterocycles. The fourth-order valence-electron chi connectivity index (χ4n) is 4.03. The number of nitrogens with zero attached hydrogens (tertiary/aromatic N) is 1. The van der Waals surface area contributed by atoms with E-state index in [4.69, 9.17) is 5.84 Å². The molecule has 0 spiro atoms. The molecule has 3 unspecified atom stereocenters. The van der Waals surface area contributed by atoms with Crippen molar-refractivity contribution in [2.24, 2.45) is 11.8 Å². The van der Waals surface area contributed by atoms with Gasteiger partial charge in [0.05, 0.1) is 0 Å². The van der Waals surface area contributed by atoms with Crippen molar-refractivity contribution in [3.63, 3.8) is 0 Å². The quantitative estimate of drug-likeness (QED) is 0.416. The van der Waals surface area contributed by atoms with Crippen LogP contribution in [-0.4, -0.2) is 30.1 Å². The van der Waals surface area contributed by atoms with E-state index >= 15 is 0 Å². The Balaban J connectivity index is 1.78. The van der Waals surface area contributed by atoms with E-state index in [9.17, 15) is 0 Å². The van der Waals surface area contributed by atoms with Crippen LogP contribution in [0.5, 0.6) is 0 Å². The first-order chi connectivity index (χ1) is 8.76. The number of hydrogen-bond acceptors (Lipinski definition) is 3. The summed E-state index contributed by atoms with van der Waals surface area (Å²) in [6, 6.07) is 2.22. The zero-order chi connectivity index (χ0) is 13.0. The van der Waals surface area contributed by atoms with Gasteiger partial charge in [0.2, 0.25) is 0 Å². The molecule has 2 saturated heterocycles. The van der Waals surface area contributed by atoms with Gasteiger partial charge < -0.3 is 4.90 Å². The van der Waals surface area contributed by atoms with Gasteiger partial charge in [-0.25, -0.2) is 0 Å². The Morgan fingerprint density at radius 1 is 1.17 bits per heavy atom. The van der Waals surface area contributed by atoms with Gasteiger partial charge in [0.25, 0.3) is 0 Å².